The van der Waals surface area contributed by atoms with Gasteiger partial charge in [0.15, 0.2) is 0 Å². The van der Waals surface area contributed by atoms with Gasteiger partial charge in [-0.3, -0.25) is 10.1 Å². The van der Waals surface area contributed by atoms with Crippen molar-refractivity contribution in [3.05, 3.63) is 16.9 Å². The first-order valence-electron chi connectivity index (χ1n) is 3.63. The number of halogens is 1. The van der Waals surface area contributed by atoms with Crippen molar-refractivity contribution in [2.75, 3.05) is 5.32 Å². The van der Waals surface area contributed by atoms with E-state index in [2.05, 4.69) is 31.2 Å². The first-order valence-corrected chi connectivity index (χ1v) is 4.43. The molecule has 3 N–H and O–H groups in total. The number of carbonyl (C=O) groups is 1. The monoisotopic (exact) mass is 244 g/mol. The summed E-state index contributed by atoms with van der Waals surface area (Å²) in [7, 11) is 0. The smallest absolute Gasteiger partial charge is 0.243 e. The van der Waals surface area contributed by atoms with E-state index in [0.29, 0.717) is 0 Å². The zero-order valence-electron chi connectivity index (χ0n) is 6.99. The summed E-state index contributed by atoms with van der Waals surface area (Å²) < 4.78 is 0.756. The molecule has 0 saturated heterocycles. The van der Waals surface area contributed by atoms with E-state index in [0.717, 1.165) is 4.47 Å². The van der Waals surface area contributed by atoms with Crippen LogP contribution in [0.25, 0.3) is 0 Å². The van der Waals surface area contributed by atoms with Crippen molar-refractivity contribution in [2.45, 2.75) is 13.0 Å². The van der Waals surface area contributed by atoms with Crippen LogP contribution in [0, 0.1) is 0 Å². The lowest BCUT2D eigenvalue weighted by Crippen LogP contribution is -2.33. The molecule has 0 aromatic carbocycles. The van der Waals surface area contributed by atoms with Crippen molar-refractivity contribution in [3.8, 4) is 0 Å². The summed E-state index contributed by atoms with van der Waals surface area (Å²) in [5.41, 5.74) is 5.34. The summed E-state index contributed by atoms with van der Waals surface area (Å²) in [4.78, 5) is 18.8. The van der Waals surface area contributed by atoms with Crippen LogP contribution in [0.5, 0.6) is 0 Å². The molecule has 0 aliphatic rings. The van der Waals surface area contributed by atoms with E-state index in [4.69, 9.17) is 5.73 Å². The number of aromatic nitrogens is 2. The maximum absolute atomic E-state index is 11.1. The maximum Gasteiger partial charge on any atom is 0.243 e. The topological polar surface area (TPSA) is 80.9 Å². The summed E-state index contributed by atoms with van der Waals surface area (Å²) in [6.45, 7) is 1.59. The Kier molecular flexibility index (Phi) is 3.32. The molecule has 70 valence electrons. The molecule has 1 aromatic rings. The number of hydrogen-bond donors (Lipinski definition) is 2. The van der Waals surface area contributed by atoms with Crippen molar-refractivity contribution in [1.82, 2.24) is 9.97 Å². The lowest BCUT2D eigenvalue weighted by atomic mass is 10.3. The summed E-state index contributed by atoms with van der Waals surface area (Å²) in [6, 6.07) is -0.563. The highest BCUT2D eigenvalue weighted by Crippen LogP contribution is 2.06. The molecule has 5 nitrogen and oxygen atoms in total. The van der Waals surface area contributed by atoms with Crippen LogP contribution in [0.1, 0.15) is 6.92 Å². The number of hydrogen-bond acceptors (Lipinski definition) is 4. The Bertz CT molecular complexity index is 298. The predicted octanol–water partition coefficient (Wildman–Crippen LogP) is 0.525. The van der Waals surface area contributed by atoms with Crippen LogP contribution in [0.15, 0.2) is 16.9 Å². The molecule has 0 bridgehead atoms. The van der Waals surface area contributed by atoms with Crippen LogP contribution in [0.2, 0.25) is 0 Å². The number of anilines is 1. The molecule has 1 heterocycles. The van der Waals surface area contributed by atoms with Crippen LogP contribution in [-0.4, -0.2) is 21.9 Å². The van der Waals surface area contributed by atoms with Gasteiger partial charge in [-0.25, -0.2) is 9.97 Å². The first kappa shape index (κ1) is 10.1. The SMILES string of the molecule is C[C@H](N)C(=O)Nc1ncc(Br)cn1. The average Bonchev–Trinajstić information content (AvgIpc) is 2.08. The molecule has 1 amide bonds. The minimum Gasteiger partial charge on any atom is -0.320 e. The molecule has 1 rings (SSSR count). The number of nitrogens with zero attached hydrogens (tertiary/aromatic N) is 2. The number of carbonyl (C=O) groups excluding carboxylic acids is 1. The third-order valence-corrected chi connectivity index (χ3v) is 1.68. The van der Waals surface area contributed by atoms with Gasteiger partial charge < -0.3 is 5.73 Å². The van der Waals surface area contributed by atoms with Gasteiger partial charge in [-0.15, -0.1) is 0 Å². The predicted molar refractivity (Wildman–Crippen MR) is 52.0 cm³/mol. The molecule has 6 heteroatoms. The zero-order valence-corrected chi connectivity index (χ0v) is 8.58. The molecule has 1 aromatic heterocycles. The normalized spacial score (nSPS) is 12.2. The second kappa shape index (κ2) is 4.29. The largest absolute Gasteiger partial charge is 0.320 e. The Morgan fingerprint density at radius 2 is 2.15 bits per heavy atom. The Hall–Kier alpha value is -1.01. The lowest BCUT2D eigenvalue weighted by molar-refractivity contribution is -0.117. The molecule has 0 saturated carbocycles. The Labute approximate surface area is 83.9 Å². The van der Waals surface area contributed by atoms with Gasteiger partial charge >= 0.3 is 0 Å². The number of amides is 1. The number of rotatable bonds is 2. The molecular weight excluding hydrogens is 236 g/mol. The summed E-state index contributed by atoms with van der Waals surface area (Å²) in [5.74, 6) is -0.0483. The average molecular weight is 245 g/mol. The highest BCUT2D eigenvalue weighted by atomic mass is 79.9. The van der Waals surface area contributed by atoms with Gasteiger partial charge in [-0.1, -0.05) is 0 Å². The van der Waals surface area contributed by atoms with E-state index in [9.17, 15) is 4.79 Å². The minimum absolute atomic E-state index is 0.255. The molecule has 0 spiro atoms. The van der Waals surface area contributed by atoms with Gasteiger partial charge in [-0.05, 0) is 22.9 Å². The molecule has 0 aliphatic heterocycles. The molecule has 0 aliphatic carbocycles. The van der Waals surface area contributed by atoms with Gasteiger partial charge in [0.25, 0.3) is 0 Å². The van der Waals surface area contributed by atoms with Crippen molar-refractivity contribution in [2.24, 2.45) is 5.73 Å². The summed E-state index contributed by atoms with van der Waals surface area (Å²) in [6.07, 6.45) is 3.09. The molecule has 0 fully saturated rings. The third-order valence-electron chi connectivity index (χ3n) is 1.27. The molecule has 0 radical (unpaired) electrons. The van der Waals surface area contributed by atoms with E-state index in [1.807, 2.05) is 0 Å². The highest BCUT2D eigenvalue weighted by molar-refractivity contribution is 9.10. The Balaban J connectivity index is 2.65. The van der Waals surface area contributed by atoms with Gasteiger partial charge in [0.2, 0.25) is 11.9 Å². The van der Waals surface area contributed by atoms with Crippen LogP contribution in [0.3, 0.4) is 0 Å². The fourth-order valence-electron chi connectivity index (χ4n) is 0.601. The van der Waals surface area contributed by atoms with Gasteiger partial charge in [0.05, 0.1) is 10.5 Å². The van der Waals surface area contributed by atoms with Crippen molar-refractivity contribution < 1.29 is 4.79 Å². The van der Waals surface area contributed by atoms with Crippen LogP contribution >= 0.6 is 15.9 Å². The first-order chi connectivity index (χ1) is 6.09. The van der Waals surface area contributed by atoms with Crippen LogP contribution in [0.4, 0.5) is 5.95 Å². The fraction of sp³-hybridized carbons (Fsp3) is 0.286. The summed E-state index contributed by atoms with van der Waals surface area (Å²) in [5, 5.41) is 2.46. The van der Waals surface area contributed by atoms with Gasteiger partial charge in [0.1, 0.15) is 0 Å². The molecule has 13 heavy (non-hydrogen) atoms. The van der Waals surface area contributed by atoms with Crippen molar-refractivity contribution in [1.29, 1.82) is 0 Å². The second-order valence-electron chi connectivity index (χ2n) is 2.50. The Morgan fingerprint density at radius 3 is 2.62 bits per heavy atom. The Morgan fingerprint density at radius 1 is 1.62 bits per heavy atom. The van der Waals surface area contributed by atoms with E-state index in [1.54, 1.807) is 19.3 Å². The standard InChI is InChI=1S/C7H9BrN4O/c1-4(9)6(13)12-7-10-2-5(8)3-11-7/h2-4H,9H2,1H3,(H,10,11,12,13)/t4-/m0/s1. The van der Waals surface area contributed by atoms with Crippen LogP contribution < -0.4 is 11.1 Å². The molecule has 1 atom stereocenters. The highest BCUT2D eigenvalue weighted by Gasteiger charge is 2.08. The quantitative estimate of drug-likeness (QED) is 0.796. The van der Waals surface area contributed by atoms with E-state index in [1.165, 1.54) is 0 Å². The van der Waals surface area contributed by atoms with Crippen LogP contribution in [-0.2, 0) is 4.79 Å². The molecule has 0 unspecified atom stereocenters. The van der Waals surface area contributed by atoms with E-state index < -0.39 is 6.04 Å². The van der Waals surface area contributed by atoms with E-state index in [-0.39, 0.29) is 11.9 Å². The number of nitrogens with one attached hydrogen (secondary N) is 1. The van der Waals surface area contributed by atoms with Crippen molar-refractivity contribution >= 4 is 27.8 Å². The third kappa shape index (κ3) is 3.08. The van der Waals surface area contributed by atoms with Crippen molar-refractivity contribution in [3.63, 3.8) is 0 Å². The van der Waals surface area contributed by atoms with Gasteiger partial charge in [0, 0.05) is 12.4 Å². The lowest BCUT2D eigenvalue weighted by Gasteiger charge is -2.04. The zero-order chi connectivity index (χ0) is 9.84. The van der Waals surface area contributed by atoms with E-state index >= 15 is 0 Å². The number of nitrogens with two attached hydrogens (primary N) is 1. The second-order valence-corrected chi connectivity index (χ2v) is 3.42. The fourth-order valence-corrected chi connectivity index (χ4v) is 0.806. The molecular formula is C7H9BrN4O. The maximum atomic E-state index is 11.1. The minimum atomic E-state index is -0.563. The van der Waals surface area contributed by atoms with Gasteiger partial charge in [-0.2, -0.15) is 0 Å². The summed E-state index contributed by atoms with van der Waals surface area (Å²) >= 11 is 3.18.